The first-order chi connectivity index (χ1) is 13.6. The molecule has 4 rings (SSSR count). The van der Waals surface area contributed by atoms with Crippen LogP contribution in [0.5, 0.6) is 0 Å². The number of benzene rings is 1. The van der Waals surface area contributed by atoms with Crippen LogP contribution in [0.15, 0.2) is 48.6 Å². The van der Waals surface area contributed by atoms with Crippen LogP contribution in [0.3, 0.4) is 0 Å². The summed E-state index contributed by atoms with van der Waals surface area (Å²) in [5.41, 5.74) is 1.67. The Labute approximate surface area is 171 Å². The minimum absolute atomic E-state index is 0.231. The zero-order valence-electron chi connectivity index (χ0n) is 14.9. The Morgan fingerprint density at radius 1 is 1.39 bits per heavy atom. The Balaban J connectivity index is 1.75. The molecular weight excluding hydrogens is 394 g/mol. The number of nitriles is 1. The van der Waals surface area contributed by atoms with Crippen LogP contribution in [0.1, 0.15) is 0 Å². The van der Waals surface area contributed by atoms with Gasteiger partial charge in [-0.2, -0.15) is 5.26 Å². The Bertz CT molecular complexity index is 1090. The minimum Gasteiger partial charge on any atom is -0.351 e. The molecule has 0 saturated carbocycles. The molecule has 6 nitrogen and oxygen atoms in total. The van der Waals surface area contributed by atoms with Crippen LogP contribution in [0.4, 0.5) is 5.82 Å². The quantitative estimate of drug-likeness (QED) is 0.616. The molecule has 28 heavy (non-hydrogen) atoms. The fourth-order valence-electron chi connectivity index (χ4n) is 3.40. The topological polar surface area (TPSA) is 73.1 Å². The summed E-state index contributed by atoms with van der Waals surface area (Å²) >= 11 is 8.10. The minimum atomic E-state index is -0.562. The molecule has 0 spiro atoms. The molecule has 0 N–H and O–H groups in total. The number of carbonyl (C=O) groups excluding carboxylic acids is 1. The maximum atomic E-state index is 12.0. The highest BCUT2D eigenvalue weighted by atomic mass is 35.5. The highest BCUT2D eigenvalue weighted by molar-refractivity contribution is 7.13. The molecule has 1 aliphatic rings. The molecule has 1 aromatic carbocycles. The smallest absolute Gasteiger partial charge is 0.247 e. The van der Waals surface area contributed by atoms with E-state index < -0.39 is 6.04 Å². The number of carbonyl (C=O) groups is 1. The van der Waals surface area contributed by atoms with Crippen LogP contribution < -0.4 is 4.90 Å². The van der Waals surface area contributed by atoms with Gasteiger partial charge in [-0.3, -0.25) is 4.79 Å². The number of hydrogen-bond acceptors (Lipinski definition) is 6. The van der Waals surface area contributed by atoms with Gasteiger partial charge in [-0.15, -0.1) is 11.3 Å². The highest BCUT2D eigenvalue weighted by Gasteiger charge is 2.30. The monoisotopic (exact) mass is 409 g/mol. The molecule has 2 aromatic heterocycles. The van der Waals surface area contributed by atoms with Gasteiger partial charge in [0, 0.05) is 28.9 Å². The summed E-state index contributed by atoms with van der Waals surface area (Å²) in [4.78, 5) is 25.5. The van der Waals surface area contributed by atoms with Crippen molar-refractivity contribution in [3.05, 3.63) is 53.7 Å². The van der Waals surface area contributed by atoms with Gasteiger partial charge in [0.1, 0.15) is 18.2 Å². The summed E-state index contributed by atoms with van der Waals surface area (Å²) in [5, 5.41) is 13.0. The molecule has 3 aromatic rings. The highest BCUT2D eigenvalue weighted by Crippen LogP contribution is 2.36. The van der Waals surface area contributed by atoms with Gasteiger partial charge in [-0.1, -0.05) is 24.2 Å². The number of anilines is 1. The maximum Gasteiger partial charge on any atom is 0.247 e. The number of piperazine rings is 1. The summed E-state index contributed by atoms with van der Waals surface area (Å²) in [6.07, 6.45) is 2.75. The average molecular weight is 410 g/mol. The number of aromatic nitrogens is 2. The number of thiophene rings is 1. The molecule has 1 unspecified atom stereocenters. The van der Waals surface area contributed by atoms with E-state index in [1.165, 1.54) is 12.4 Å². The van der Waals surface area contributed by atoms with Gasteiger partial charge in [-0.05, 0) is 29.7 Å². The molecule has 1 amide bonds. The Morgan fingerprint density at radius 2 is 2.25 bits per heavy atom. The summed E-state index contributed by atoms with van der Waals surface area (Å²) in [6, 6.07) is 9.50. The van der Waals surface area contributed by atoms with Crippen molar-refractivity contribution >= 4 is 45.6 Å². The second-order valence-electron chi connectivity index (χ2n) is 6.35. The van der Waals surface area contributed by atoms with E-state index >= 15 is 0 Å². The third kappa shape index (κ3) is 3.21. The van der Waals surface area contributed by atoms with Gasteiger partial charge in [-0.25, -0.2) is 9.97 Å². The lowest BCUT2D eigenvalue weighted by atomic mass is 10.1. The lowest BCUT2D eigenvalue weighted by molar-refractivity contribution is -0.127. The van der Waals surface area contributed by atoms with Crippen LogP contribution >= 0.6 is 22.9 Å². The maximum absolute atomic E-state index is 12.0. The van der Waals surface area contributed by atoms with Crippen molar-refractivity contribution in [3.63, 3.8) is 0 Å². The second kappa shape index (κ2) is 7.58. The van der Waals surface area contributed by atoms with E-state index in [9.17, 15) is 10.1 Å². The van der Waals surface area contributed by atoms with Crippen molar-refractivity contribution in [1.82, 2.24) is 14.9 Å². The molecule has 0 radical (unpaired) electrons. The summed E-state index contributed by atoms with van der Waals surface area (Å²) < 4.78 is 0. The second-order valence-corrected chi connectivity index (χ2v) is 7.71. The Kier molecular flexibility index (Phi) is 4.99. The largest absolute Gasteiger partial charge is 0.351 e. The molecule has 0 aliphatic carbocycles. The van der Waals surface area contributed by atoms with E-state index in [0.29, 0.717) is 24.7 Å². The van der Waals surface area contributed by atoms with E-state index in [0.717, 1.165) is 27.2 Å². The summed E-state index contributed by atoms with van der Waals surface area (Å²) in [6.45, 7) is 4.89. The van der Waals surface area contributed by atoms with Crippen LogP contribution in [0, 0.1) is 11.3 Å². The third-order valence-electron chi connectivity index (χ3n) is 4.78. The standard InChI is InChI=1S/C20H16ClN5OS/c1-2-19(27)26-6-5-25(11-13(26)10-22)20-15-8-14(18-4-3-7-28-18)16(21)9-17(15)23-12-24-20/h2-4,7-9,12-13H,1,5-6,11H2. The van der Waals surface area contributed by atoms with Gasteiger partial charge >= 0.3 is 0 Å². The van der Waals surface area contributed by atoms with E-state index in [1.54, 1.807) is 16.2 Å². The Morgan fingerprint density at radius 3 is 2.96 bits per heavy atom. The summed E-state index contributed by atoms with van der Waals surface area (Å²) in [7, 11) is 0. The molecule has 1 atom stereocenters. The number of amides is 1. The lowest BCUT2D eigenvalue weighted by Gasteiger charge is -2.38. The fourth-order valence-corrected chi connectivity index (χ4v) is 4.48. The van der Waals surface area contributed by atoms with Crippen molar-refractivity contribution in [3.8, 4) is 16.5 Å². The molecule has 1 saturated heterocycles. The number of rotatable bonds is 3. The number of nitrogens with zero attached hydrogens (tertiary/aromatic N) is 5. The first-order valence-electron chi connectivity index (χ1n) is 8.68. The van der Waals surface area contributed by atoms with Crippen molar-refractivity contribution < 1.29 is 4.79 Å². The number of fused-ring (bicyclic) bond motifs is 1. The van der Waals surface area contributed by atoms with Crippen LogP contribution in [0.2, 0.25) is 5.02 Å². The van der Waals surface area contributed by atoms with E-state index in [2.05, 4.69) is 22.6 Å². The van der Waals surface area contributed by atoms with Crippen LogP contribution in [-0.4, -0.2) is 46.5 Å². The molecule has 1 aliphatic heterocycles. The predicted molar refractivity (Wildman–Crippen MR) is 111 cm³/mol. The molecular formula is C20H16ClN5OS. The van der Waals surface area contributed by atoms with Crippen molar-refractivity contribution in [2.24, 2.45) is 0 Å². The molecule has 1 fully saturated rings. The lowest BCUT2D eigenvalue weighted by Crippen LogP contribution is -2.54. The van der Waals surface area contributed by atoms with Gasteiger partial charge in [0.15, 0.2) is 0 Å². The predicted octanol–water partition coefficient (Wildman–Crippen LogP) is 3.74. The normalized spacial score (nSPS) is 16.8. The first kappa shape index (κ1) is 18.4. The van der Waals surface area contributed by atoms with Gasteiger partial charge in [0.25, 0.3) is 0 Å². The number of hydrogen-bond donors (Lipinski definition) is 0. The Hall–Kier alpha value is -2.95. The van der Waals surface area contributed by atoms with Crippen molar-refractivity contribution in [2.45, 2.75) is 6.04 Å². The van der Waals surface area contributed by atoms with Gasteiger partial charge < -0.3 is 9.80 Å². The van der Waals surface area contributed by atoms with Gasteiger partial charge in [0.05, 0.1) is 23.2 Å². The van der Waals surface area contributed by atoms with Crippen LogP contribution in [-0.2, 0) is 4.79 Å². The van der Waals surface area contributed by atoms with E-state index in [4.69, 9.17) is 11.6 Å². The SMILES string of the molecule is C=CC(=O)N1CCN(c2ncnc3cc(Cl)c(-c4cccs4)cc23)CC1C#N. The molecule has 0 bridgehead atoms. The zero-order chi connectivity index (χ0) is 19.7. The zero-order valence-corrected chi connectivity index (χ0v) is 16.5. The van der Waals surface area contributed by atoms with Gasteiger partial charge in [0.2, 0.25) is 5.91 Å². The van der Waals surface area contributed by atoms with Crippen LogP contribution in [0.25, 0.3) is 21.3 Å². The van der Waals surface area contributed by atoms with Crippen molar-refractivity contribution in [1.29, 1.82) is 5.26 Å². The first-order valence-corrected chi connectivity index (χ1v) is 9.94. The summed E-state index contributed by atoms with van der Waals surface area (Å²) in [5.74, 6) is 0.510. The molecule has 3 heterocycles. The fraction of sp³-hybridized carbons (Fsp3) is 0.200. The average Bonchev–Trinajstić information content (AvgIpc) is 3.26. The third-order valence-corrected chi connectivity index (χ3v) is 5.99. The van der Waals surface area contributed by atoms with E-state index in [1.807, 2.05) is 34.5 Å². The van der Waals surface area contributed by atoms with Crippen molar-refractivity contribution in [2.75, 3.05) is 24.5 Å². The molecule has 140 valence electrons. The molecule has 8 heteroatoms. The number of halogens is 1. The van der Waals surface area contributed by atoms with E-state index in [-0.39, 0.29) is 5.91 Å².